The molecule has 1 aliphatic carbocycles. The summed E-state index contributed by atoms with van der Waals surface area (Å²) in [4.78, 5) is 29.5. The van der Waals surface area contributed by atoms with Crippen LogP contribution < -0.4 is 0 Å². The maximum atomic E-state index is 12.9. The fourth-order valence-electron chi connectivity index (χ4n) is 2.71. The predicted octanol–water partition coefficient (Wildman–Crippen LogP) is 3.80. The Bertz CT molecular complexity index is 755. The van der Waals surface area contributed by atoms with E-state index in [2.05, 4.69) is 4.98 Å². The van der Waals surface area contributed by atoms with E-state index in [1.54, 1.807) is 0 Å². The second-order valence-corrected chi connectivity index (χ2v) is 6.34. The van der Waals surface area contributed by atoms with Gasteiger partial charge in [-0.15, -0.1) is 0 Å². The second kappa shape index (κ2) is 6.61. The Labute approximate surface area is 144 Å². The van der Waals surface area contributed by atoms with E-state index in [1.807, 2.05) is 36.1 Å². The lowest BCUT2D eigenvalue weighted by Crippen LogP contribution is -2.35. The van der Waals surface area contributed by atoms with E-state index in [4.69, 9.17) is 16.7 Å². The molecule has 1 aromatic heterocycles. The van der Waals surface area contributed by atoms with Crippen molar-refractivity contribution in [1.29, 1.82) is 0 Å². The average molecular weight is 345 g/mol. The van der Waals surface area contributed by atoms with E-state index in [1.165, 1.54) is 18.3 Å². The van der Waals surface area contributed by atoms with Crippen LogP contribution in [0.5, 0.6) is 0 Å². The number of benzene rings is 1. The zero-order valence-corrected chi connectivity index (χ0v) is 13.9. The molecule has 1 atom stereocenters. The summed E-state index contributed by atoms with van der Waals surface area (Å²) in [5.74, 6) is -1.24. The average Bonchev–Trinajstić information content (AvgIpc) is 3.40. The van der Waals surface area contributed by atoms with E-state index in [0.717, 1.165) is 18.4 Å². The first-order valence-electron chi connectivity index (χ1n) is 7.75. The van der Waals surface area contributed by atoms with Gasteiger partial charge in [-0.3, -0.25) is 4.79 Å². The van der Waals surface area contributed by atoms with E-state index in [0.29, 0.717) is 10.6 Å². The third-order valence-electron chi connectivity index (χ3n) is 4.17. The Balaban J connectivity index is 1.86. The van der Waals surface area contributed by atoms with Gasteiger partial charge in [0, 0.05) is 17.3 Å². The van der Waals surface area contributed by atoms with Crippen molar-refractivity contribution >= 4 is 23.5 Å². The van der Waals surface area contributed by atoms with Gasteiger partial charge in [-0.2, -0.15) is 0 Å². The van der Waals surface area contributed by atoms with Crippen LogP contribution in [0.2, 0.25) is 5.02 Å². The van der Waals surface area contributed by atoms with Crippen LogP contribution >= 0.6 is 11.6 Å². The molecule has 3 rings (SSSR count). The number of carboxylic acids is 1. The largest absolute Gasteiger partial charge is 0.477 e. The van der Waals surface area contributed by atoms with Crippen molar-refractivity contribution in [3.63, 3.8) is 0 Å². The van der Waals surface area contributed by atoms with Gasteiger partial charge in [0.1, 0.15) is 5.69 Å². The highest BCUT2D eigenvalue weighted by Crippen LogP contribution is 2.35. The summed E-state index contributed by atoms with van der Waals surface area (Å²) >= 11 is 5.93. The predicted molar refractivity (Wildman–Crippen MR) is 90.3 cm³/mol. The third-order valence-corrected chi connectivity index (χ3v) is 4.43. The van der Waals surface area contributed by atoms with Crippen LogP contribution in [-0.2, 0) is 0 Å². The van der Waals surface area contributed by atoms with Crippen LogP contribution in [0, 0.1) is 0 Å². The van der Waals surface area contributed by atoms with Crippen molar-refractivity contribution in [3.8, 4) is 0 Å². The number of hydrogen-bond acceptors (Lipinski definition) is 3. The number of amides is 1. The molecule has 1 aliphatic rings. The van der Waals surface area contributed by atoms with Gasteiger partial charge >= 0.3 is 5.97 Å². The van der Waals surface area contributed by atoms with Crippen molar-refractivity contribution in [2.45, 2.75) is 31.8 Å². The number of nitrogens with zero attached hydrogens (tertiary/aromatic N) is 2. The Morgan fingerprint density at radius 3 is 2.38 bits per heavy atom. The first kappa shape index (κ1) is 16.5. The Kier molecular flexibility index (Phi) is 4.53. The number of carboxylic acid groups (broad SMARTS) is 1. The molecule has 1 fully saturated rings. The van der Waals surface area contributed by atoms with Gasteiger partial charge in [0.05, 0.1) is 11.6 Å². The van der Waals surface area contributed by atoms with Crippen LogP contribution in [0.4, 0.5) is 0 Å². The molecule has 5 nitrogen and oxygen atoms in total. The molecule has 2 aromatic rings. The van der Waals surface area contributed by atoms with Gasteiger partial charge in [0.25, 0.3) is 5.91 Å². The number of pyridine rings is 1. The molecule has 0 bridgehead atoms. The fourth-order valence-corrected chi connectivity index (χ4v) is 2.83. The molecule has 6 heteroatoms. The minimum atomic E-state index is -1.11. The quantitative estimate of drug-likeness (QED) is 0.895. The zero-order chi connectivity index (χ0) is 17.3. The summed E-state index contributed by atoms with van der Waals surface area (Å²) in [6.45, 7) is 1.98. The Morgan fingerprint density at radius 1 is 1.21 bits per heavy atom. The molecule has 0 radical (unpaired) electrons. The molecule has 1 unspecified atom stereocenters. The molecule has 1 saturated carbocycles. The lowest BCUT2D eigenvalue weighted by Gasteiger charge is -2.30. The number of hydrogen-bond donors (Lipinski definition) is 1. The number of halogens is 1. The topological polar surface area (TPSA) is 70.5 Å². The second-order valence-electron chi connectivity index (χ2n) is 5.91. The highest BCUT2D eigenvalue weighted by Gasteiger charge is 2.36. The molecule has 0 saturated heterocycles. The lowest BCUT2D eigenvalue weighted by atomic mass is 10.1. The van der Waals surface area contributed by atoms with Crippen LogP contribution in [0.3, 0.4) is 0 Å². The van der Waals surface area contributed by atoms with Gasteiger partial charge in [0.2, 0.25) is 0 Å². The molecular formula is C18H17ClN2O3. The summed E-state index contributed by atoms with van der Waals surface area (Å²) in [5.41, 5.74) is 1.33. The summed E-state index contributed by atoms with van der Waals surface area (Å²) in [6, 6.07) is 10.4. The number of carbonyl (C=O) groups excluding carboxylic acids is 1. The third kappa shape index (κ3) is 3.41. The molecule has 0 aliphatic heterocycles. The van der Waals surface area contributed by atoms with Crippen molar-refractivity contribution in [2.24, 2.45) is 0 Å². The van der Waals surface area contributed by atoms with Crippen molar-refractivity contribution in [3.05, 3.63) is 64.4 Å². The molecule has 0 spiro atoms. The smallest absolute Gasteiger partial charge is 0.354 e. The maximum Gasteiger partial charge on any atom is 0.354 e. The van der Waals surface area contributed by atoms with Crippen LogP contribution in [0.25, 0.3) is 0 Å². The zero-order valence-electron chi connectivity index (χ0n) is 13.1. The van der Waals surface area contributed by atoms with E-state index < -0.39 is 5.97 Å². The molecule has 1 amide bonds. The number of carbonyl (C=O) groups is 2. The van der Waals surface area contributed by atoms with Crippen molar-refractivity contribution in [2.75, 3.05) is 0 Å². The van der Waals surface area contributed by atoms with Gasteiger partial charge in [-0.25, -0.2) is 9.78 Å². The molecule has 1 heterocycles. The molecular weight excluding hydrogens is 328 g/mol. The Hall–Kier alpha value is -2.40. The van der Waals surface area contributed by atoms with E-state index in [9.17, 15) is 9.59 Å². The summed E-state index contributed by atoms with van der Waals surface area (Å²) in [6.07, 6.45) is 3.28. The Morgan fingerprint density at radius 2 is 1.88 bits per heavy atom. The van der Waals surface area contributed by atoms with Crippen molar-refractivity contribution < 1.29 is 14.7 Å². The summed E-state index contributed by atoms with van der Waals surface area (Å²) in [5, 5.41) is 9.57. The molecule has 124 valence electrons. The van der Waals surface area contributed by atoms with Crippen LogP contribution in [-0.4, -0.2) is 32.9 Å². The maximum absolute atomic E-state index is 12.9. The SMILES string of the molecule is CC(c1ccc(Cl)cc1)N(C(=O)c1ccc(C(=O)O)nc1)C1CC1. The monoisotopic (exact) mass is 344 g/mol. The standard InChI is InChI=1S/C18H17ClN2O3/c1-11(12-2-5-14(19)6-3-12)21(15-7-8-15)17(22)13-4-9-16(18(23)24)20-10-13/h2-6,9-11,15H,7-8H2,1H3,(H,23,24). The molecule has 1 aromatic carbocycles. The fraction of sp³-hybridized carbons (Fsp3) is 0.278. The number of aromatic carboxylic acids is 1. The van der Waals surface area contributed by atoms with Crippen LogP contribution in [0.1, 0.15) is 52.2 Å². The highest BCUT2D eigenvalue weighted by molar-refractivity contribution is 6.30. The first-order valence-corrected chi connectivity index (χ1v) is 8.12. The van der Waals surface area contributed by atoms with Crippen molar-refractivity contribution in [1.82, 2.24) is 9.88 Å². The van der Waals surface area contributed by atoms with Gasteiger partial charge in [-0.1, -0.05) is 23.7 Å². The normalized spacial score (nSPS) is 14.9. The minimum Gasteiger partial charge on any atom is -0.477 e. The first-order chi connectivity index (χ1) is 11.5. The van der Waals surface area contributed by atoms with E-state index >= 15 is 0 Å². The number of aromatic nitrogens is 1. The van der Waals surface area contributed by atoms with Crippen LogP contribution in [0.15, 0.2) is 42.6 Å². The number of rotatable bonds is 5. The van der Waals surface area contributed by atoms with Gasteiger partial charge in [0.15, 0.2) is 0 Å². The highest BCUT2D eigenvalue weighted by atomic mass is 35.5. The summed E-state index contributed by atoms with van der Waals surface area (Å²) < 4.78 is 0. The van der Waals surface area contributed by atoms with E-state index in [-0.39, 0.29) is 23.7 Å². The minimum absolute atomic E-state index is 0.0738. The lowest BCUT2D eigenvalue weighted by molar-refractivity contribution is 0.0664. The molecule has 24 heavy (non-hydrogen) atoms. The summed E-state index contributed by atoms with van der Waals surface area (Å²) in [7, 11) is 0. The van der Waals surface area contributed by atoms with Gasteiger partial charge in [-0.05, 0) is 49.6 Å². The molecule has 1 N–H and O–H groups in total. The van der Waals surface area contributed by atoms with Gasteiger partial charge < -0.3 is 10.0 Å².